The van der Waals surface area contributed by atoms with Crippen molar-refractivity contribution in [2.45, 2.75) is 6.92 Å². The van der Waals surface area contributed by atoms with E-state index < -0.39 is 0 Å². The summed E-state index contributed by atoms with van der Waals surface area (Å²) in [6.45, 7) is 6.03. The molecule has 138 valence electrons. The highest BCUT2D eigenvalue weighted by Crippen LogP contribution is 2.34. The molecule has 0 aliphatic rings. The first-order valence-corrected chi connectivity index (χ1v) is 9.44. The molecule has 2 aromatic heterocycles. The third-order valence-corrected chi connectivity index (χ3v) is 4.76. The first-order valence-electron chi connectivity index (χ1n) is 8.69. The van der Waals surface area contributed by atoms with Gasteiger partial charge in [0, 0.05) is 22.2 Å². The van der Waals surface area contributed by atoms with Crippen molar-refractivity contribution in [3.63, 3.8) is 0 Å². The molecular formula is C22H16Cl2N4. The van der Waals surface area contributed by atoms with Gasteiger partial charge in [-0.05, 0) is 66.5 Å². The summed E-state index contributed by atoms with van der Waals surface area (Å²) in [5.74, 6) is 0.436. The Labute approximate surface area is 172 Å². The molecule has 0 fully saturated rings. The van der Waals surface area contributed by atoms with Crippen molar-refractivity contribution >= 4 is 46.3 Å². The molecule has 4 rings (SSSR count). The van der Waals surface area contributed by atoms with Gasteiger partial charge < -0.3 is 4.57 Å². The summed E-state index contributed by atoms with van der Waals surface area (Å²) in [6.07, 6.45) is 5.97. The Hall–Kier alpha value is -2.95. The zero-order chi connectivity index (χ0) is 19.7. The van der Waals surface area contributed by atoms with E-state index in [9.17, 15) is 0 Å². The SMILES string of the molecule is C=Cc1c(/C=C\C)c2cc(-c3nc(Cl)nc(Cl)n3)ccc2n1-c1ccccc1. The fourth-order valence-electron chi connectivity index (χ4n) is 3.33. The second-order valence-electron chi connectivity index (χ2n) is 6.10. The monoisotopic (exact) mass is 406 g/mol. The van der Waals surface area contributed by atoms with Crippen LogP contribution in [0.15, 0.2) is 61.2 Å². The summed E-state index contributed by atoms with van der Waals surface area (Å²) in [7, 11) is 0. The van der Waals surface area contributed by atoms with Crippen LogP contribution in [0.2, 0.25) is 10.6 Å². The van der Waals surface area contributed by atoms with Crippen LogP contribution in [0.3, 0.4) is 0 Å². The lowest BCUT2D eigenvalue weighted by molar-refractivity contribution is 1.06. The number of rotatable bonds is 4. The first kappa shape index (κ1) is 18.4. The van der Waals surface area contributed by atoms with E-state index in [4.69, 9.17) is 23.2 Å². The lowest BCUT2D eigenvalue weighted by atomic mass is 10.1. The van der Waals surface area contributed by atoms with Crippen molar-refractivity contribution < 1.29 is 0 Å². The number of nitrogens with zero attached hydrogens (tertiary/aromatic N) is 4. The Balaban J connectivity index is 2.04. The number of hydrogen-bond acceptors (Lipinski definition) is 3. The molecule has 0 spiro atoms. The summed E-state index contributed by atoms with van der Waals surface area (Å²) < 4.78 is 2.19. The summed E-state index contributed by atoms with van der Waals surface area (Å²) in [5, 5.41) is 1.19. The van der Waals surface area contributed by atoms with Crippen LogP contribution >= 0.6 is 23.2 Å². The maximum Gasteiger partial charge on any atom is 0.227 e. The van der Waals surface area contributed by atoms with Crippen LogP contribution in [0.4, 0.5) is 0 Å². The van der Waals surface area contributed by atoms with Crippen LogP contribution in [0.25, 0.3) is 40.1 Å². The van der Waals surface area contributed by atoms with E-state index in [0.29, 0.717) is 5.82 Å². The van der Waals surface area contributed by atoms with E-state index in [1.807, 2.05) is 55.5 Å². The largest absolute Gasteiger partial charge is 0.309 e. The van der Waals surface area contributed by atoms with E-state index in [0.717, 1.165) is 33.4 Å². The molecule has 0 amide bonds. The molecule has 0 bridgehead atoms. The van der Waals surface area contributed by atoms with Crippen molar-refractivity contribution in [1.82, 2.24) is 19.5 Å². The maximum absolute atomic E-state index is 5.96. The van der Waals surface area contributed by atoms with E-state index in [2.05, 4.69) is 44.3 Å². The molecule has 2 heterocycles. The topological polar surface area (TPSA) is 43.6 Å². The average molecular weight is 407 g/mol. The van der Waals surface area contributed by atoms with Gasteiger partial charge in [0.2, 0.25) is 10.6 Å². The molecular weight excluding hydrogens is 391 g/mol. The highest BCUT2D eigenvalue weighted by Gasteiger charge is 2.16. The highest BCUT2D eigenvalue weighted by molar-refractivity contribution is 6.31. The second-order valence-corrected chi connectivity index (χ2v) is 6.78. The van der Waals surface area contributed by atoms with Crippen LogP contribution in [0.5, 0.6) is 0 Å². The van der Waals surface area contributed by atoms with Gasteiger partial charge in [0.1, 0.15) is 0 Å². The number of fused-ring (bicyclic) bond motifs is 1. The van der Waals surface area contributed by atoms with Gasteiger partial charge in [0.25, 0.3) is 0 Å². The van der Waals surface area contributed by atoms with Gasteiger partial charge in [0.05, 0.1) is 11.2 Å². The highest BCUT2D eigenvalue weighted by atomic mass is 35.5. The van der Waals surface area contributed by atoms with Crippen LogP contribution in [0, 0.1) is 0 Å². The van der Waals surface area contributed by atoms with Crippen LogP contribution in [0.1, 0.15) is 18.2 Å². The molecule has 4 nitrogen and oxygen atoms in total. The quantitative estimate of drug-likeness (QED) is 0.390. The summed E-state index contributed by atoms with van der Waals surface area (Å²) in [5.41, 5.74) is 5.03. The van der Waals surface area contributed by atoms with E-state index in [-0.39, 0.29) is 10.6 Å². The lowest BCUT2D eigenvalue weighted by Gasteiger charge is -2.09. The van der Waals surface area contributed by atoms with Crippen LogP contribution in [-0.2, 0) is 0 Å². The molecule has 0 aliphatic carbocycles. The third-order valence-electron chi connectivity index (χ3n) is 4.42. The minimum atomic E-state index is 0.0670. The summed E-state index contributed by atoms with van der Waals surface area (Å²) in [6, 6.07) is 16.2. The van der Waals surface area contributed by atoms with Gasteiger partial charge in [0.15, 0.2) is 5.82 Å². The fourth-order valence-corrected chi connectivity index (χ4v) is 3.69. The van der Waals surface area contributed by atoms with Crippen LogP contribution < -0.4 is 0 Å². The van der Waals surface area contributed by atoms with Gasteiger partial charge in [-0.2, -0.15) is 15.0 Å². The zero-order valence-corrected chi connectivity index (χ0v) is 16.6. The Kier molecular flexibility index (Phi) is 4.99. The molecule has 0 saturated carbocycles. The predicted molar refractivity (Wildman–Crippen MR) is 117 cm³/mol. The van der Waals surface area contributed by atoms with Crippen molar-refractivity contribution in [3.8, 4) is 17.1 Å². The molecule has 0 N–H and O–H groups in total. The normalized spacial score (nSPS) is 11.4. The van der Waals surface area contributed by atoms with E-state index in [1.54, 1.807) is 0 Å². The van der Waals surface area contributed by atoms with Crippen molar-refractivity contribution in [2.24, 2.45) is 0 Å². The summed E-state index contributed by atoms with van der Waals surface area (Å²) in [4.78, 5) is 12.2. The first-order chi connectivity index (χ1) is 13.6. The number of benzene rings is 2. The Morgan fingerprint density at radius 1 is 0.964 bits per heavy atom. The van der Waals surface area contributed by atoms with Crippen LogP contribution in [-0.4, -0.2) is 19.5 Å². The summed E-state index contributed by atoms with van der Waals surface area (Å²) >= 11 is 11.9. The molecule has 28 heavy (non-hydrogen) atoms. The number of para-hydroxylation sites is 1. The van der Waals surface area contributed by atoms with E-state index in [1.165, 1.54) is 0 Å². The molecule has 0 saturated heterocycles. The molecule has 4 aromatic rings. The minimum Gasteiger partial charge on any atom is -0.309 e. The Morgan fingerprint density at radius 3 is 2.32 bits per heavy atom. The van der Waals surface area contributed by atoms with Gasteiger partial charge >= 0.3 is 0 Å². The zero-order valence-electron chi connectivity index (χ0n) is 15.1. The van der Waals surface area contributed by atoms with Gasteiger partial charge in [-0.3, -0.25) is 0 Å². The number of hydrogen-bond donors (Lipinski definition) is 0. The molecule has 2 aromatic carbocycles. The third kappa shape index (κ3) is 3.21. The van der Waals surface area contributed by atoms with Gasteiger partial charge in [-0.25, -0.2) is 0 Å². The maximum atomic E-state index is 5.96. The molecule has 0 aliphatic heterocycles. The minimum absolute atomic E-state index is 0.0670. The van der Waals surface area contributed by atoms with E-state index >= 15 is 0 Å². The molecule has 0 unspecified atom stereocenters. The Morgan fingerprint density at radius 2 is 1.68 bits per heavy atom. The van der Waals surface area contributed by atoms with Crippen molar-refractivity contribution in [1.29, 1.82) is 0 Å². The number of aromatic nitrogens is 4. The van der Waals surface area contributed by atoms with Crippen molar-refractivity contribution in [3.05, 3.63) is 83.0 Å². The second kappa shape index (κ2) is 7.58. The van der Waals surface area contributed by atoms with Gasteiger partial charge in [-0.15, -0.1) is 0 Å². The fraction of sp³-hybridized carbons (Fsp3) is 0.0455. The number of halogens is 2. The lowest BCUT2D eigenvalue weighted by Crippen LogP contribution is -1.96. The molecule has 6 heteroatoms. The van der Waals surface area contributed by atoms with Gasteiger partial charge in [-0.1, -0.05) is 36.9 Å². The van der Waals surface area contributed by atoms with Crippen molar-refractivity contribution in [2.75, 3.05) is 0 Å². The molecule has 0 radical (unpaired) electrons. The smallest absolute Gasteiger partial charge is 0.227 e. The Bertz CT molecular complexity index is 1190. The predicted octanol–water partition coefficient (Wildman–Crippen LogP) is 6.47. The average Bonchev–Trinajstić information content (AvgIpc) is 3.01. The standard InChI is InChI=1S/C22H16Cl2N4/c1-3-8-16-17-13-14(20-25-21(23)27-22(24)26-20)11-12-19(17)28(18(16)4-2)15-9-6-5-7-10-15/h3-13H,2H2,1H3/b8-3-. The molecule has 0 atom stereocenters. The number of allylic oxidation sites excluding steroid dienone is 1.